The normalized spacial score (nSPS) is 11.1. The van der Waals surface area contributed by atoms with Crippen LogP contribution in [0.1, 0.15) is 5.76 Å². The smallest absolute Gasteiger partial charge is 0.190 e. The number of aryl methyl sites for hydroxylation is 1. The van der Waals surface area contributed by atoms with Gasteiger partial charge in [-0.15, -0.1) is 10.2 Å². The quantitative estimate of drug-likeness (QED) is 0.665. The van der Waals surface area contributed by atoms with Crippen LogP contribution >= 0.6 is 0 Å². The molecule has 0 atom stereocenters. The lowest BCUT2D eigenvalue weighted by Crippen LogP contribution is -1.88. The molecule has 0 aliphatic heterocycles. The number of pyridine rings is 1. The van der Waals surface area contributed by atoms with Crippen LogP contribution in [0.4, 0.5) is 0 Å². The van der Waals surface area contributed by atoms with E-state index in [4.69, 9.17) is 4.52 Å². The molecular weight excluding hydrogens is 208 g/mol. The van der Waals surface area contributed by atoms with E-state index in [0.717, 1.165) is 0 Å². The van der Waals surface area contributed by atoms with Gasteiger partial charge in [0.1, 0.15) is 11.5 Å². The van der Waals surface area contributed by atoms with Crippen molar-refractivity contribution in [3.8, 4) is 17.3 Å². The van der Waals surface area contributed by atoms with Crippen LogP contribution in [0.2, 0.25) is 0 Å². The van der Waals surface area contributed by atoms with Gasteiger partial charge in [-0.05, 0) is 19.1 Å². The number of rotatable bonds is 1. The van der Waals surface area contributed by atoms with E-state index in [-0.39, 0.29) is 5.75 Å². The maximum atomic E-state index is 9.40. The third kappa shape index (κ3) is 1.23. The van der Waals surface area contributed by atoms with Crippen molar-refractivity contribution < 1.29 is 9.63 Å². The van der Waals surface area contributed by atoms with E-state index < -0.39 is 0 Å². The minimum absolute atomic E-state index is 0.147. The molecule has 1 N–H and O–H groups in total. The number of fused-ring (bicyclic) bond motifs is 1. The lowest BCUT2D eigenvalue weighted by atomic mass is 10.3. The highest BCUT2D eigenvalue weighted by atomic mass is 16.5. The van der Waals surface area contributed by atoms with E-state index in [1.54, 1.807) is 29.5 Å². The Morgan fingerprint density at radius 3 is 2.94 bits per heavy atom. The molecule has 16 heavy (non-hydrogen) atoms. The van der Waals surface area contributed by atoms with E-state index in [1.165, 1.54) is 6.20 Å². The van der Waals surface area contributed by atoms with Crippen molar-refractivity contribution in [2.24, 2.45) is 0 Å². The molecule has 0 spiro atoms. The van der Waals surface area contributed by atoms with Crippen LogP contribution < -0.4 is 0 Å². The first kappa shape index (κ1) is 8.90. The zero-order chi connectivity index (χ0) is 11.1. The summed E-state index contributed by atoms with van der Waals surface area (Å²) in [5.74, 6) is 1.39. The fourth-order valence-corrected chi connectivity index (χ4v) is 1.53. The minimum atomic E-state index is 0.147. The molecule has 0 unspecified atom stereocenters. The summed E-state index contributed by atoms with van der Waals surface area (Å²) in [5, 5.41) is 21.2. The predicted molar refractivity (Wildman–Crippen MR) is 54.9 cm³/mol. The standard InChI is InChI=1S/C10H8N4O2/c1-6-4-8(13-16-6)10-12-11-9-3-2-7(15)5-14(9)10/h2-5,15H,1H3. The highest BCUT2D eigenvalue weighted by Gasteiger charge is 2.12. The summed E-state index contributed by atoms with van der Waals surface area (Å²) < 4.78 is 6.63. The van der Waals surface area contributed by atoms with Gasteiger partial charge in [0, 0.05) is 6.07 Å². The lowest BCUT2D eigenvalue weighted by Gasteiger charge is -1.96. The zero-order valence-electron chi connectivity index (χ0n) is 8.45. The Hall–Kier alpha value is -2.37. The molecule has 0 radical (unpaired) electrons. The number of hydrogen-bond donors (Lipinski definition) is 1. The van der Waals surface area contributed by atoms with Gasteiger partial charge >= 0.3 is 0 Å². The summed E-state index contributed by atoms with van der Waals surface area (Å²) in [6, 6.07) is 5.00. The van der Waals surface area contributed by atoms with Crippen molar-refractivity contribution in [1.29, 1.82) is 0 Å². The van der Waals surface area contributed by atoms with Crippen molar-refractivity contribution in [3.63, 3.8) is 0 Å². The lowest BCUT2D eigenvalue weighted by molar-refractivity contribution is 0.399. The Morgan fingerprint density at radius 2 is 2.19 bits per heavy atom. The molecule has 3 rings (SSSR count). The molecule has 0 saturated carbocycles. The third-order valence-corrected chi connectivity index (χ3v) is 2.24. The van der Waals surface area contributed by atoms with E-state index in [2.05, 4.69) is 15.4 Å². The van der Waals surface area contributed by atoms with Crippen LogP contribution in [0.5, 0.6) is 5.75 Å². The van der Waals surface area contributed by atoms with Crippen molar-refractivity contribution in [2.45, 2.75) is 6.92 Å². The summed E-state index contributed by atoms with van der Waals surface area (Å²) in [6.07, 6.45) is 1.54. The highest BCUT2D eigenvalue weighted by molar-refractivity contribution is 5.55. The summed E-state index contributed by atoms with van der Waals surface area (Å²) in [7, 11) is 0. The molecule has 0 amide bonds. The molecule has 6 heteroatoms. The molecule has 3 aromatic heterocycles. The van der Waals surface area contributed by atoms with E-state index in [0.29, 0.717) is 22.9 Å². The first-order chi connectivity index (χ1) is 7.74. The topological polar surface area (TPSA) is 76.5 Å². The Morgan fingerprint density at radius 1 is 1.31 bits per heavy atom. The number of aromatic nitrogens is 4. The number of hydrogen-bond acceptors (Lipinski definition) is 5. The fourth-order valence-electron chi connectivity index (χ4n) is 1.53. The van der Waals surface area contributed by atoms with Crippen LogP contribution in [0.25, 0.3) is 17.2 Å². The van der Waals surface area contributed by atoms with Crippen molar-refractivity contribution in [3.05, 3.63) is 30.2 Å². The van der Waals surface area contributed by atoms with Crippen LogP contribution in [0, 0.1) is 6.92 Å². The van der Waals surface area contributed by atoms with E-state index >= 15 is 0 Å². The van der Waals surface area contributed by atoms with Crippen molar-refractivity contribution in [1.82, 2.24) is 19.8 Å². The zero-order valence-corrected chi connectivity index (χ0v) is 8.45. The van der Waals surface area contributed by atoms with Crippen molar-refractivity contribution >= 4 is 5.65 Å². The van der Waals surface area contributed by atoms with Gasteiger partial charge in [0.2, 0.25) is 0 Å². The minimum Gasteiger partial charge on any atom is -0.506 e. The summed E-state index contributed by atoms with van der Waals surface area (Å²) in [4.78, 5) is 0. The van der Waals surface area contributed by atoms with Crippen LogP contribution in [0.15, 0.2) is 28.9 Å². The number of aromatic hydroxyl groups is 1. The molecule has 80 valence electrons. The summed E-state index contributed by atoms with van der Waals surface area (Å²) >= 11 is 0. The first-order valence-corrected chi connectivity index (χ1v) is 4.71. The molecule has 0 fully saturated rings. The van der Waals surface area contributed by atoms with E-state index in [1.807, 2.05) is 0 Å². The SMILES string of the molecule is Cc1cc(-c2nnc3ccc(O)cn23)no1. The maximum Gasteiger partial charge on any atom is 0.190 e. The van der Waals surface area contributed by atoms with Gasteiger partial charge in [0.25, 0.3) is 0 Å². The Bertz CT molecular complexity index is 656. The van der Waals surface area contributed by atoms with Crippen LogP contribution in [0.3, 0.4) is 0 Å². The molecule has 6 nitrogen and oxygen atoms in total. The predicted octanol–water partition coefficient (Wildman–Crippen LogP) is 1.40. The Labute approximate surface area is 90.1 Å². The van der Waals surface area contributed by atoms with Gasteiger partial charge in [-0.2, -0.15) is 0 Å². The van der Waals surface area contributed by atoms with Gasteiger partial charge in [0.05, 0.1) is 6.20 Å². The average Bonchev–Trinajstić information content (AvgIpc) is 2.83. The summed E-state index contributed by atoms with van der Waals surface area (Å²) in [5.41, 5.74) is 1.24. The molecule has 3 aromatic rings. The van der Waals surface area contributed by atoms with Crippen LogP contribution in [-0.2, 0) is 0 Å². The van der Waals surface area contributed by atoms with Crippen LogP contribution in [-0.4, -0.2) is 24.9 Å². The second-order valence-electron chi connectivity index (χ2n) is 3.46. The number of nitrogens with zero attached hydrogens (tertiary/aromatic N) is 4. The van der Waals surface area contributed by atoms with Gasteiger partial charge in [-0.3, -0.25) is 4.40 Å². The monoisotopic (exact) mass is 216 g/mol. The Kier molecular flexibility index (Phi) is 1.70. The van der Waals surface area contributed by atoms with Gasteiger partial charge in [0.15, 0.2) is 17.2 Å². The maximum absolute atomic E-state index is 9.40. The average molecular weight is 216 g/mol. The molecule has 0 aliphatic carbocycles. The second kappa shape index (κ2) is 3.06. The third-order valence-electron chi connectivity index (χ3n) is 2.24. The molecule has 0 bridgehead atoms. The fraction of sp³-hybridized carbons (Fsp3) is 0.100. The van der Waals surface area contributed by atoms with Gasteiger partial charge in [-0.25, -0.2) is 0 Å². The van der Waals surface area contributed by atoms with E-state index in [9.17, 15) is 5.11 Å². The molecule has 0 saturated heterocycles. The largest absolute Gasteiger partial charge is 0.506 e. The highest BCUT2D eigenvalue weighted by Crippen LogP contribution is 2.19. The van der Waals surface area contributed by atoms with Crippen molar-refractivity contribution in [2.75, 3.05) is 0 Å². The molecule has 0 aliphatic rings. The van der Waals surface area contributed by atoms with Gasteiger partial charge < -0.3 is 9.63 Å². The van der Waals surface area contributed by atoms with Gasteiger partial charge in [-0.1, -0.05) is 5.16 Å². The molecule has 3 heterocycles. The molecule has 0 aromatic carbocycles. The second-order valence-corrected chi connectivity index (χ2v) is 3.46. The summed E-state index contributed by atoms with van der Waals surface area (Å²) in [6.45, 7) is 1.80. The molecular formula is C10H8N4O2. The first-order valence-electron chi connectivity index (χ1n) is 4.71. The Balaban J connectivity index is 2.27.